The smallest absolute Gasteiger partial charge is 0.307 e. The summed E-state index contributed by atoms with van der Waals surface area (Å²) in [5, 5.41) is 17.3. The van der Waals surface area contributed by atoms with Crippen molar-refractivity contribution >= 4 is 55.8 Å². The van der Waals surface area contributed by atoms with E-state index in [1.54, 1.807) is 11.3 Å². The minimum atomic E-state index is -0.859. The molecule has 210 valence electrons. The highest BCUT2D eigenvalue weighted by Crippen LogP contribution is 2.42. The summed E-state index contributed by atoms with van der Waals surface area (Å²) in [5.74, 6) is 0.139. The number of aliphatic carboxylic acids is 1. The molecule has 0 radical (unpaired) electrons. The van der Waals surface area contributed by atoms with Gasteiger partial charge in [0.2, 0.25) is 0 Å². The Labute approximate surface area is 246 Å². The lowest BCUT2D eigenvalue weighted by atomic mass is 9.93. The first-order valence-electron chi connectivity index (χ1n) is 13.8. The van der Waals surface area contributed by atoms with E-state index < -0.39 is 5.97 Å². The second-order valence-corrected chi connectivity index (χ2v) is 12.3. The van der Waals surface area contributed by atoms with Crippen LogP contribution in [0.3, 0.4) is 0 Å². The Bertz CT molecular complexity index is 1800. The van der Waals surface area contributed by atoms with Gasteiger partial charge in [0.25, 0.3) is 0 Å². The summed E-state index contributed by atoms with van der Waals surface area (Å²) in [6.45, 7) is 7.37. The zero-order chi connectivity index (χ0) is 28.2. The number of piperazine rings is 1. The van der Waals surface area contributed by atoms with Gasteiger partial charge < -0.3 is 14.7 Å². The number of carboxylic acids is 1. The summed E-state index contributed by atoms with van der Waals surface area (Å²) >= 11 is 7.78. The van der Waals surface area contributed by atoms with Crippen molar-refractivity contribution in [3.63, 3.8) is 0 Å². The number of benzene rings is 3. The third-order valence-corrected chi connectivity index (χ3v) is 9.68. The quantitative estimate of drug-likeness (QED) is 0.285. The van der Waals surface area contributed by atoms with Crippen molar-refractivity contribution < 1.29 is 14.6 Å². The number of morpholine rings is 1. The van der Waals surface area contributed by atoms with Crippen molar-refractivity contribution in [1.82, 2.24) is 19.7 Å². The van der Waals surface area contributed by atoms with Crippen molar-refractivity contribution in [2.24, 2.45) is 7.05 Å². The first-order valence-corrected chi connectivity index (χ1v) is 15.0. The number of carbonyl (C=O) groups is 1. The fraction of sp³-hybridized carbons (Fsp3) is 0.323. The van der Waals surface area contributed by atoms with E-state index >= 15 is 0 Å². The molecule has 1 N–H and O–H groups in total. The maximum atomic E-state index is 11.8. The van der Waals surface area contributed by atoms with Gasteiger partial charge in [0.15, 0.2) is 5.82 Å². The van der Waals surface area contributed by atoms with Crippen LogP contribution in [0.5, 0.6) is 0 Å². The number of hydrogen-bond acceptors (Lipinski definition) is 7. The fourth-order valence-electron chi connectivity index (χ4n) is 6.21. The van der Waals surface area contributed by atoms with Crippen LogP contribution in [0.2, 0.25) is 5.02 Å². The van der Waals surface area contributed by atoms with Gasteiger partial charge in [-0.05, 0) is 60.0 Å². The minimum absolute atomic E-state index is 0.0583. The number of halogens is 1. The normalized spacial score (nSPS) is 17.8. The number of rotatable bonds is 5. The molecular formula is C31H30ClN5O3S. The maximum absolute atomic E-state index is 11.8. The molecule has 4 heterocycles. The molecule has 2 aliphatic heterocycles. The molecule has 3 aromatic carbocycles. The number of nitrogens with zero attached hydrogens (tertiary/aromatic N) is 5. The zero-order valence-electron chi connectivity index (χ0n) is 22.9. The molecule has 1 atom stereocenters. The Morgan fingerprint density at radius 2 is 1.93 bits per heavy atom. The summed E-state index contributed by atoms with van der Waals surface area (Å²) in [5.41, 5.74) is 6.53. The van der Waals surface area contributed by atoms with E-state index in [4.69, 9.17) is 26.4 Å². The number of aryl methyl sites for hydroxylation is 2. The second-order valence-electron chi connectivity index (χ2n) is 10.9. The zero-order valence-corrected chi connectivity index (χ0v) is 24.5. The molecule has 2 fully saturated rings. The molecule has 8 nitrogen and oxygen atoms in total. The van der Waals surface area contributed by atoms with Crippen LogP contribution < -0.4 is 4.90 Å². The van der Waals surface area contributed by atoms with Crippen LogP contribution in [0.1, 0.15) is 11.1 Å². The Morgan fingerprint density at radius 1 is 1.12 bits per heavy atom. The van der Waals surface area contributed by atoms with Crippen LogP contribution in [0.15, 0.2) is 48.5 Å². The largest absolute Gasteiger partial charge is 0.481 e. The molecule has 0 saturated carbocycles. The highest BCUT2D eigenvalue weighted by Gasteiger charge is 2.31. The fourth-order valence-corrected chi connectivity index (χ4v) is 7.47. The van der Waals surface area contributed by atoms with Gasteiger partial charge >= 0.3 is 5.97 Å². The summed E-state index contributed by atoms with van der Waals surface area (Å²) in [4.78, 5) is 21.8. The van der Waals surface area contributed by atoms with Gasteiger partial charge in [-0.25, -0.2) is 4.98 Å². The van der Waals surface area contributed by atoms with Crippen molar-refractivity contribution in [3.8, 4) is 21.7 Å². The van der Waals surface area contributed by atoms with Gasteiger partial charge in [0.1, 0.15) is 5.01 Å². The third-order valence-electron chi connectivity index (χ3n) is 8.29. The Hall–Kier alpha value is -3.50. The highest BCUT2D eigenvalue weighted by atomic mass is 35.5. The molecule has 2 saturated heterocycles. The van der Waals surface area contributed by atoms with Crippen molar-refractivity contribution in [3.05, 3.63) is 64.7 Å². The van der Waals surface area contributed by atoms with Gasteiger partial charge in [-0.2, -0.15) is 5.10 Å². The van der Waals surface area contributed by atoms with Gasteiger partial charge in [-0.3, -0.25) is 14.4 Å². The van der Waals surface area contributed by atoms with E-state index in [1.165, 1.54) is 0 Å². The molecule has 0 spiro atoms. The van der Waals surface area contributed by atoms with Gasteiger partial charge in [-0.15, -0.1) is 11.3 Å². The van der Waals surface area contributed by atoms with Crippen LogP contribution in [0.25, 0.3) is 42.8 Å². The topological polar surface area (TPSA) is 83.7 Å². The van der Waals surface area contributed by atoms with E-state index in [0.29, 0.717) is 11.1 Å². The van der Waals surface area contributed by atoms with Gasteiger partial charge in [0.05, 0.1) is 41.4 Å². The standard InChI is InChI=1S/C31H30ClN5O3S/c1-18-13-25-29(28(23(18)15-27(38)39)19-3-6-21(32)7-4-19)41-31(33-25)20-5-8-26-24(14-20)30(34-35(26)2)37-10-9-36-11-12-40-17-22(36)16-37/h3-8,13-14,22H,9-12,15-17H2,1-2H3,(H,38,39). The maximum Gasteiger partial charge on any atom is 0.307 e. The van der Waals surface area contributed by atoms with Gasteiger partial charge in [-0.1, -0.05) is 23.7 Å². The summed E-state index contributed by atoms with van der Waals surface area (Å²) < 4.78 is 8.70. The molecule has 41 heavy (non-hydrogen) atoms. The second kappa shape index (κ2) is 10.4. The SMILES string of the molecule is Cc1cc2nc(-c3ccc4c(c3)c(N3CCN5CCOCC5C3)nn4C)sc2c(-c2ccc(Cl)cc2)c1CC(=O)O. The van der Waals surface area contributed by atoms with Crippen LogP contribution in [-0.2, 0) is 23.0 Å². The van der Waals surface area contributed by atoms with Gasteiger partial charge in [0, 0.05) is 54.8 Å². The molecule has 5 aromatic rings. The Kier molecular flexibility index (Phi) is 6.70. The molecule has 2 aliphatic rings. The Morgan fingerprint density at radius 3 is 2.73 bits per heavy atom. The predicted molar refractivity (Wildman–Crippen MR) is 164 cm³/mol. The number of ether oxygens (including phenoxy) is 1. The predicted octanol–water partition coefficient (Wildman–Crippen LogP) is 5.63. The van der Waals surface area contributed by atoms with Crippen LogP contribution >= 0.6 is 22.9 Å². The van der Waals surface area contributed by atoms with Crippen LogP contribution in [0.4, 0.5) is 5.82 Å². The van der Waals surface area contributed by atoms with E-state index in [-0.39, 0.29) is 6.42 Å². The average molecular weight is 588 g/mol. The molecule has 2 aromatic heterocycles. The Balaban J connectivity index is 1.33. The number of anilines is 1. The summed E-state index contributed by atoms with van der Waals surface area (Å²) in [6, 6.07) is 16.4. The van der Waals surface area contributed by atoms with Crippen LogP contribution in [-0.4, -0.2) is 76.2 Å². The molecule has 10 heteroatoms. The molecular weight excluding hydrogens is 558 g/mol. The van der Waals surface area contributed by atoms with Crippen molar-refractivity contribution in [2.75, 3.05) is 44.3 Å². The molecule has 1 unspecified atom stereocenters. The minimum Gasteiger partial charge on any atom is -0.481 e. The lowest BCUT2D eigenvalue weighted by Crippen LogP contribution is -2.58. The number of thiazole rings is 1. The van der Waals surface area contributed by atoms with E-state index in [2.05, 4.69) is 28.0 Å². The van der Waals surface area contributed by atoms with E-state index in [1.807, 2.05) is 49.0 Å². The lowest BCUT2D eigenvalue weighted by molar-refractivity contribution is -0.136. The van der Waals surface area contributed by atoms with Crippen molar-refractivity contribution in [2.45, 2.75) is 19.4 Å². The van der Waals surface area contributed by atoms with E-state index in [9.17, 15) is 9.90 Å². The molecule has 0 bridgehead atoms. The highest BCUT2D eigenvalue weighted by molar-refractivity contribution is 7.22. The molecule has 0 amide bonds. The first kappa shape index (κ1) is 26.4. The van der Waals surface area contributed by atoms with E-state index in [0.717, 1.165) is 99.2 Å². The number of hydrogen-bond donors (Lipinski definition) is 1. The first-order chi connectivity index (χ1) is 19.9. The van der Waals surface area contributed by atoms with Crippen LogP contribution in [0, 0.1) is 6.92 Å². The number of carboxylic acid groups (broad SMARTS) is 1. The lowest BCUT2D eigenvalue weighted by Gasteiger charge is -2.43. The third kappa shape index (κ3) is 4.76. The number of aromatic nitrogens is 3. The molecule has 0 aliphatic carbocycles. The average Bonchev–Trinajstić information content (AvgIpc) is 3.54. The summed E-state index contributed by atoms with van der Waals surface area (Å²) in [6.07, 6.45) is -0.0583. The monoisotopic (exact) mass is 587 g/mol. The molecule has 7 rings (SSSR count). The summed E-state index contributed by atoms with van der Waals surface area (Å²) in [7, 11) is 1.99. The number of fused-ring (bicyclic) bond motifs is 3. The van der Waals surface area contributed by atoms with Crippen molar-refractivity contribution in [1.29, 1.82) is 0 Å².